The summed E-state index contributed by atoms with van der Waals surface area (Å²) in [7, 11) is 0. The van der Waals surface area contributed by atoms with Gasteiger partial charge in [-0.3, -0.25) is 0 Å². The fraction of sp³-hybridized carbons (Fsp3) is 0.0588. The van der Waals surface area contributed by atoms with Gasteiger partial charge < -0.3 is 0 Å². The quantitative estimate of drug-likeness (QED) is 0.525. The van der Waals surface area contributed by atoms with Gasteiger partial charge in [-0.15, -0.1) is 0 Å². The van der Waals surface area contributed by atoms with Crippen LogP contribution in [0.15, 0.2) is 60.7 Å². The first-order valence-corrected chi connectivity index (χ1v) is 7.83. The monoisotopic (exact) mass is 327 g/mol. The lowest BCUT2D eigenvalue weighted by molar-refractivity contribution is 0.143. The molecule has 2 aromatic carbocycles. The van der Waals surface area contributed by atoms with Crippen LogP contribution in [-0.2, 0) is 0 Å². The van der Waals surface area contributed by atoms with Gasteiger partial charge in [0.05, 0.1) is 15.9 Å². The third kappa shape index (κ3) is 2.51. The molecule has 0 saturated heterocycles. The summed E-state index contributed by atoms with van der Waals surface area (Å²) < 4.78 is 29.0. The summed E-state index contributed by atoms with van der Waals surface area (Å²) in [5.41, 5.74) is 1.95. The third-order valence-corrected chi connectivity index (χ3v) is 4.51. The largest absolute Gasteiger partial charge is 0.280 e. The van der Waals surface area contributed by atoms with E-state index in [1.807, 2.05) is 54.6 Å². The summed E-state index contributed by atoms with van der Waals surface area (Å²) in [5, 5.41) is 4.80. The second-order valence-corrected chi connectivity index (χ2v) is 6.01. The number of benzene rings is 2. The zero-order chi connectivity index (χ0) is 15.8. The number of hydrogen-bond donors (Lipinski definition) is 0. The van der Waals surface area contributed by atoms with Crippen LogP contribution in [0.1, 0.15) is 12.1 Å². The lowest BCUT2D eigenvalue weighted by Gasteiger charge is -2.01. The molecule has 0 aliphatic rings. The van der Waals surface area contributed by atoms with Gasteiger partial charge in [-0.05, 0) is 18.2 Å². The number of halogens is 2. The van der Waals surface area contributed by atoms with Crippen molar-refractivity contribution in [3.05, 3.63) is 66.4 Å². The Morgan fingerprint density at radius 3 is 2.43 bits per heavy atom. The van der Waals surface area contributed by atoms with Crippen molar-refractivity contribution in [1.29, 1.82) is 0 Å². The minimum Gasteiger partial charge on any atom is -0.218 e. The first-order valence-electron chi connectivity index (χ1n) is 7.02. The normalized spacial score (nSPS) is 11.4. The number of fused-ring (bicyclic) bond motifs is 1. The number of para-hydroxylation sites is 1. The molecule has 3 nitrogen and oxygen atoms in total. The van der Waals surface area contributed by atoms with Gasteiger partial charge >= 0.3 is 0 Å². The van der Waals surface area contributed by atoms with E-state index in [2.05, 4.69) is 10.1 Å². The van der Waals surface area contributed by atoms with Crippen molar-refractivity contribution in [2.45, 2.75) is 6.43 Å². The Morgan fingerprint density at radius 1 is 0.957 bits per heavy atom. The highest BCUT2D eigenvalue weighted by Crippen LogP contribution is 2.31. The van der Waals surface area contributed by atoms with Gasteiger partial charge in [0.2, 0.25) is 5.13 Å². The Hall–Kier alpha value is -2.60. The summed E-state index contributed by atoms with van der Waals surface area (Å²) in [6, 6.07) is 18.3. The molecule has 114 valence electrons. The molecule has 6 heteroatoms. The van der Waals surface area contributed by atoms with Crippen LogP contribution in [0.5, 0.6) is 0 Å². The standard InChI is InChI=1S/C17H11F2N3S/c18-16(19)14-10-13(11-6-2-1-3-7-11)21-22(14)17-20-12-8-4-5-9-15(12)23-17/h1-10,16H. The van der Waals surface area contributed by atoms with E-state index in [0.29, 0.717) is 10.8 Å². The molecule has 4 rings (SSSR count). The van der Waals surface area contributed by atoms with Crippen molar-refractivity contribution < 1.29 is 8.78 Å². The molecule has 23 heavy (non-hydrogen) atoms. The first kappa shape index (κ1) is 14.0. The lowest BCUT2D eigenvalue weighted by Crippen LogP contribution is -2.01. The zero-order valence-corrected chi connectivity index (χ0v) is 12.7. The molecule has 0 unspecified atom stereocenters. The molecule has 0 saturated carbocycles. The highest BCUT2D eigenvalue weighted by atomic mass is 32.1. The summed E-state index contributed by atoms with van der Waals surface area (Å²) in [6.45, 7) is 0. The van der Waals surface area contributed by atoms with Crippen molar-refractivity contribution in [3.8, 4) is 16.4 Å². The molecule has 4 aromatic rings. The maximum Gasteiger partial charge on any atom is 0.280 e. The molecule has 0 bridgehead atoms. The molecular formula is C17H11F2N3S. The number of alkyl halides is 2. The van der Waals surface area contributed by atoms with E-state index in [0.717, 1.165) is 15.8 Å². The van der Waals surface area contributed by atoms with Crippen molar-refractivity contribution >= 4 is 21.6 Å². The Labute approximate surface area is 134 Å². The van der Waals surface area contributed by atoms with Crippen LogP contribution in [0.3, 0.4) is 0 Å². The molecular weight excluding hydrogens is 316 g/mol. The first-order chi connectivity index (χ1) is 11.2. The zero-order valence-electron chi connectivity index (χ0n) is 11.9. The molecule has 0 amide bonds. The molecule has 0 N–H and O–H groups in total. The molecule has 0 atom stereocenters. The highest BCUT2D eigenvalue weighted by Gasteiger charge is 2.20. The summed E-state index contributed by atoms with van der Waals surface area (Å²) in [5.74, 6) is 0. The second-order valence-electron chi connectivity index (χ2n) is 5.00. The average Bonchev–Trinajstić information content (AvgIpc) is 3.19. The molecule has 0 spiro atoms. The van der Waals surface area contributed by atoms with E-state index in [-0.39, 0.29) is 5.69 Å². The number of rotatable bonds is 3. The topological polar surface area (TPSA) is 30.7 Å². The predicted molar refractivity (Wildman–Crippen MR) is 87.1 cm³/mol. The van der Waals surface area contributed by atoms with Crippen LogP contribution < -0.4 is 0 Å². The number of aromatic nitrogens is 3. The van der Waals surface area contributed by atoms with Gasteiger partial charge in [0, 0.05) is 5.56 Å². The van der Waals surface area contributed by atoms with Crippen LogP contribution >= 0.6 is 11.3 Å². The van der Waals surface area contributed by atoms with Gasteiger partial charge in [0.25, 0.3) is 6.43 Å². The minimum atomic E-state index is -2.62. The maximum atomic E-state index is 13.4. The van der Waals surface area contributed by atoms with Crippen LogP contribution in [0, 0.1) is 0 Å². The van der Waals surface area contributed by atoms with Gasteiger partial charge in [-0.1, -0.05) is 53.8 Å². The highest BCUT2D eigenvalue weighted by molar-refractivity contribution is 7.20. The predicted octanol–water partition coefficient (Wildman–Crippen LogP) is 5.09. The van der Waals surface area contributed by atoms with Gasteiger partial charge in [-0.25, -0.2) is 18.4 Å². The SMILES string of the molecule is FC(F)c1cc(-c2ccccc2)nn1-c1nc2ccccc2s1. The fourth-order valence-corrected chi connectivity index (χ4v) is 3.34. The molecule has 0 aliphatic heterocycles. The lowest BCUT2D eigenvalue weighted by atomic mass is 10.1. The molecule has 0 fully saturated rings. The smallest absolute Gasteiger partial charge is 0.218 e. The molecule has 2 heterocycles. The maximum absolute atomic E-state index is 13.4. The molecule has 2 aromatic heterocycles. The van der Waals surface area contributed by atoms with Crippen molar-refractivity contribution in [2.75, 3.05) is 0 Å². The fourth-order valence-electron chi connectivity index (χ4n) is 2.40. The molecule has 0 aliphatic carbocycles. The minimum absolute atomic E-state index is 0.150. The Morgan fingerprint density at radius 2 is 1.70 bits per heavy atom. The van der Waals surface area contributed by atoms with E-state index in [9.17, 15) is 8.78 Å². The second kappa shape index (κ2) is 5.55. The molecule has 0 radical (unpaired) electrons. The van der Waals surface area contributed by atoms with Gasteiger partial charge in [0.1, 0.15) is 5.69 Å². The summed E-state index contributed by atoms with van der Waals surface area (Å²) >= 11 is 1.35. The van der Waals surface area contributed by atoms with E-state index in [4.69, 9.17) is 0 Å². The Kier molecular flexibility index (Phi) is 3.38. The van der Waals surface area contributed by atoms with E-state index in [1.54, 1.807) is 0 Å². The van der Waals surface area contributed by atoms with Gasteiger partial charge in [0.15, 0.2) is 0 Å². The summed E-state index contributed by atoms with van der Waals surface area (Å²) in [4.78, 5) is 4.42. The van der Waals surface area contributed by atoms with Crippen LogP contribution in [-0.4, -0.2) is 14.8 Å². The van der Waals surface area contributed by atoms with Crippen molar-refractivity contribution in [3.63, 3.8) is 0 Å². The van der Waals surface area contributed by atoms with Crippen LogP contribution in [0.2, 0.25) is 0 Å². The number of nitrogens with zero attached hydrogens (tertiary/aromatic N) is 3. The van der Waals surface area contributed by atoms with Crippen LogP contribution in [0.25, 0.3) is 26.6 Å². The van der Waals surface area contributed by atoms with Gasteiger partial charge in [-0.2, -0.15) is 5.10 Å². The van der Waals surface area contributed by atoms with Crippen molar-refractivity contribution in [2.24, 2.45) is 0 Å². The Bertz CT molecular complexity index is 927. The number of hydrogen-bond acceptors (Lipinski definition) is 3. The summed E-state index contributed by atoms with van der Waals surface area (Å²) in [6.07, 6.45) is -2.62. The average molecular weight is 327 g/mol. The van der Waals surface area contributed by atoms with E-state index < -0.39 is 6.43 Å². The van der Waals surface area contributed by atoms with Crippen LogP contribution in [0.4, 0.5) is 8.78 Å². The van der Waals surface area contributed by atoms with Crippen molar-refractivity contribution in [1.82, 2.24) is 14.8 Å². The third-order valence-electron chi connectivity index (χ3n) is 3.49. The van der Waals surface area contributed by atoms with E-state index in [1.165, 1.54) is 22.1 Å². The number of thiazole rings is 1. The Balaban J connectivity index is 1.88. The van der Waals surface area contributed by atoms with E-state index >= 15 is 0 Å².